The van der Waals surface area contributed by atoms with Gasteiger partial charge in [0.05, 0.1) is 11.1 Å². The van der Waals surface area contributed by atoms with Crippen LogP contribution in [0.25, 0.3) is 44.3 Å². The number of carbonyl (C=O) groups is 1. The number of benzene rings is 4. The third-order valence-corrected chi connectivity index (χ3v) is 6.90. The zero-order valence-electron chi connectivity index (χ0n) is 21.8. The fourth-order valence-corrected chi connectivity index (χ4v) is 4.91. The molecule has 0 aliphatic rings. The molecule has 41 heavy (non-hydrogen) atoms. The monoisotopic (exact) mass is 536 g/mol. The number of nitrogens with one attached hydrogen (secondary N) is 3. The predicted octanol–water partition coefficient (Wildman–Crippen LogP) is 7.40. The van der Waals surface area contributed by atoms with Gasteiger partial charge < -0.3 is 20.8 Å². The number of nitrogen functional groups attached to an aromatic ring is 1. The summed E-state index contributed by atoms with van der Waals surface area (Å²) < 4.78 is 5.96. The summed E-state index contributed by atoms with van der Waals surface area (Å²) in [6.45, 7) is 0. The number of amides is 1. The van der Waals surface area contributed by atoms with E-state index >= 15 is 0 Å². The first-order chi connectivity index (χ1) is 20.1. The number of carbonyl (C=O) groups excluding carboxylic acids is 1. The Balaban J connectivity index is 1.21. The molecule has 0 aliphatic carbocycles. The van der Waals surface area contributed by atoms with E-state index in [0.29, 0.717) is 28.5 Å². The van der Waals surface area contributed by atoms with Gasteiger partial charge in [0.2, 0.25) is 0 Å². The molecule has 8 nitrogen and oxygen atoms in total. The van der Waals surface area contributed by atoms with Crippen LogP contribution < -0.4 is 15.8 Å². The van der Waals surface area contributed by atoms with Gasteiger partial charge in [-0.25, -0.2) is 4.98 Å². The molecule has 0 saturated heterocycles. The number of nitrogens with two attached hydrogens (primary N) is 1. The van der Waals surface area contributed by atoms with Crippen LogP contribution in [0.3, 0.4) is 0 Å². The predicted molar refractivity (Wildman–Crippen MR) is 162 cm³/mol. The van der Waals surface area contributed by atoms with E-state index in [9.17, 15) is 4.79 Å². The lowest BCUT2D eigenvalue weighted by Crippen LogP contribution is -2.12. The van der Waals surface area contributed by atoms with Crippen molar-refractivity contribution in [3.63, 3.8) is 0 Å². The van der Waals surface area contributed by atoms with Crippen LogP contribution >= 0.6 is 0 Å². The number of para-hydroxylation sites is 2. The molecule has 7 rings (SSSR count). The second kappa shape index (κ2) is 10.0. The average molecular weight is 537 g/mol. The Morgan fingerprint density at radius 3 is 2.39 bits per heavy atom. The van der Waals surface area contributed by atoms with E-state index in [1.165, 1.54) is 0 Å². The SMILES string of the molecule is Nc1n[nH]c2nc(-c3cccc(C(=O)Nc4cc5ccccc5[nH]4)c3)cc(-c3ccc(Oc4ccccc4)cc3)c12. The first kappa shape index (κ1) is 24.2. The molecule has 0 aliphatic heterocycles. The third kappa shape index (κ3) is 4.74. The van der Waals surface area contributed by atoms with Crippen molar-refractivity contribution in [2.24, 2.45) is 0 Å². The molecule has 0 bridgehead atoms. The Morgan fingerprint density at radius 2 is 1.56 bits per heavy atom. The zero-order valence-corrected chi connectivity index (χ0v) is 21.8. The minimum Gasteiger partial charge on any atom is -0.457 e. The Kier molecular flexibility index (Phi) is 5.90. The van der Waals surface area contributed by atoms with Gasteiger partial charge in [-0.15, -0.1) is 0 Å². The fraction of sp³-hybridized carbons (Fsp3) is 0. The molecule has 3 heterocycles. The smallest absolute Gasteiger partial charge is 0.256 e. The molecule has 8 heteroatoms. The lowest BCUT2D eigenvalue weighted by molar-refractivity contribution is 0.102. The van der Waals surface area contributed by atoms with Crippen molar-refractivity contribution in [3.8, 4) is 33.9 Å². The molecular formula is C33H24N6O2. The molecule has 7 aromatic rings. The highest BCUT2D eigenvalue weighted by Gasteiger charge is 2.16. The topological polar surface area (TPSA) is 122 Å². The summed E-state index contributed by atoms with van der Waals surface area (Å²) >= 11 is 0. The quantitative estimate of drug-likeness (QED) is 0.176. The molecule has 3 aromatic heterocycles. The second-order valence-corrected chi connectivity index (χ2v) is 9.63. The molecule has 0 atom stereocenters. The standard InChI is InChI=1S/C33H24N6O2/c34-31-30-26(20-13-15-25(16-14-20)41-24-10-2-1-3-11-24)19-28(36-32(30)39-38-31)21-8-6-9-23(17-21)33(40)37-29-18-22-7-4-5-12-27(22)35-29/h1-19,35H,(H,37,40)(H3,34,36,38,39). The maximum Gasteiger partial charge on any atom is 0.256 e. The number of fused-ring (bicyclic) bond motifs is 2. The summed E-state index contributed by atoms with van der Waals surface area (Å²) in [5, 5.41) is 11.9. The van der Waals surface area contributed by atoms with Crippen LogP contribution in [0, 0.1) is 0 Å². The van der Waals surface area contributed by atoms with Crippen molar-refractivity contribution in [1.82, 2.24) is 20.2 Å². The van der Waals surface area contributed by atoms with Crippen molar-refractivity contribution in [2.45, 2.75) is 0 Å². The van der Waals surface area contributed by atoms with E-state index in [1.54, 1.807) is 6.07 Å². The number of nitrogens with zero attached hydrogens (tertiary/aromatic N) is 2. The fourth-order valence-electron chi connectivity index (χ4n) is 4.91. The summed E-state index contributed by atoms with van der Waals surface area (Å²) in [6.07, 6.45) is 0. The van der Waals surface area contributed by atoms with Gasteiger partial charge in [0.1, 0.15) is 17.3 Å². The Hall–Kier alpha value is -5.89. The average Bonchev–Trinajstić information content (AvgIpc) is 3.60. The van der Waals surface area contributed by atoms with Gasteiger partial charge >= 0.3 is 0 Å². The molecule has 0 fully saturated rings. The van der Waals surface area contributed by atoms with E-state index in [4.69, 9.17) is 15.5 Å². The highest BCUT2D eigenvalue weighted by atomic mass is 16.5. The maximum absolute atomic E-state index is 13.1. The minimum absolute atomic E-state index is 0.223. The van der Waals surface area contributed by atoms with Crippen LogP contribution in [0.4, 0.5) is 11.6 Å². The Morgan fingerprint density at radius 1 is 0.780 bits per heavy atom. The minimum atomic E-state index is -0.223. The van der Waals surface area contributed by atoms with Crippen molar-refractivity contribution in [3.05, 3.63) is 121 Å². The van der Waals surface area contributed by atoms with E-state index < -0.39 is 0 Å². The normalized spacial score (nSPS) is 11.1. The first-order valence-electron chi connectivity index (χ1n) is 13.1. The molecule has 5 N–H and O–H groups in total. The van der Waals surface area contributed by atoms with Crippen LogP contribution in [0.1, 0.15) is 10.4 Å². The van der Waals surface area contributed by atoms with Crippen molar-refractivity contribution in [1.29, 1.82) is 0 Å². The Labute approximate surface area is 234 Å². The lowest BCUT2D eigenvalue weighted by Gasteiger charge is -2.11. The molecule has 0 saturated carbocycles. The highest BCUT2D eigenvalue weighted by Crippen LogP contribution is 2.35. The summed E-state index contributed by atoms with van der Waals surface area (Å²) in [4.78, 5) is 21.2. The first-order valence-corrected chi connectivity index (χ1v) is 13.1. The maximum atomic E-state index is 13.1. The van der Waals surface area contributed by atoms with Crippen molar-refractivity contribution < 1.29 is 9.53 Å². The number of hydrogen-bond donors (Lipinski definition) is 4. The largest absolute Gasteiger partial charge is 0.457 e. The zero-order chi connectivity index (χ0) is 27.8. The molecule has 0 spiro atoms. The second-order valence-electron chi connectivity index (χ2n) is 9.63. The van der Waals surface area contributed by atoms with Crippen LogP contribution in [0.15, 0.2) is 115 Å². The molecule has 4 aromatic carbocycles. The van der Waals surface area contributed by atoms with Gasteiger partial charge in [-0.05, 0) is 65.7 Å². The molecular weight excluding hydrogens is 512 g/mol. The van der Waals surface area contributed by atoms with E-state index in [1.807, 2.05) is 109 Å². The Bertz CT molecular complexity index is 1990. The van der Waals surface area contributed by atoms with Gasteiger partial charge in [0.15, 0.2) is 11.5 Å². The van der Waals surface area contributed by atoms with Gasteiger partial charge in [0.25, 0.3) is 5.91 Å². The number of aromatic amines is 2. The van der Waals surface area contributed by atoms with Crippen LogP contribution in [-0.2, 0) is 0 Å². The van der Waals surface area contributed by atoms with E-state index in [2.05, 4.69) is 20.5 Å². The number of anilines is 2. The number of hydrogen-bond acceptors (Lipinski definition) is 5. The molecule has 198 valence electrons. The van der Waals surface area contributed by atoms with Crippen LogP contribution in [0.5, 0.6) is 11.5 Å². The van der Waals surface area contributed by atoms with E-state index in [0.717, 1.165) is 44.5 Å². The summed E-state index contributed by atoms with van der Waals surface area (Å²) in [7, 11) is 0. The van der Waals surface area contributed by atoms with Gasteiger partial charge in [-0.2, -0.15) is 5.10 Å². The van der Waals surface area contributed by atoms with Gasteiger partial charge in [-0.1, -0.05) is 60.7 Å². The number of rotatable bonds is 6. The summed E-state index contributed by atoms with van der Waals surface area (Å²) in [5.74, 6) is 2.27. The van der Waals surface area contributed by atoms with Crippen molar-refractivity contribution in [2.75, 3.05) is 11.1 Å². The van der Waals surface area contributed by atoms with Gasteiger partial charge in [-0.3, -0.25) is 9.89 Å². The number of ether oxygens (including phenoxy) is 1. The number of H-pyrrole nitrogens is 2. The van der Waals surface area contributed by atoms with Crippen LogP contribution in [0.2, 0.25) is 0 Å². The third-order valence-electron chi connectivity index (χ3n) is 6.90. The van der Waals surface area contributed by atoms with Gasteiger partial charge in [0, 0.05) is 22.0 Å². The molecule has 1 amide bonds. The van der Waals surface area contributed by atoms with E-state index in [-0.39, 0.29) is 5.91 Å². The van der Waals surface area contributed by atoms with Crippen LogP contribution in [-0.4, -0.2) is 26.1 Å². The number of aromatic nitrogens is 4. The van der Waals surface area contributed by atoms with Crippen molar-refractivity contribution >= 4 is 39.5 Å². The number of pyridine rings is 1. The lowest BCUT2D eigenvalue weighted by atomic mass is 9.99. The molecule has 0 radical (unpaired) electrons. The summed E-state index contributed by atoms with van der Waals surface area (Å²) in [6, 6.07) is 36.6. The summed E-state index contributed by atoms with van der Waals surface area (Å²) in [5.41, 5.74) is 11.5. The molecule has 0 unspecified atom stereocenters. The highest BCUT2D eigenvalue weighted by molar-refractivity contribution is 6.06.